The first-order valence-electron chi connectivity index (χ1n) is 6.33. The quantitative estimate of drug-likeness (QED) is 0.894. The molecule has 4 nitrogen and oxygen atoms in total. The largest absolute Gasteiger partial charge is 0.320 e. The van der Waals surface area contributed by atoms with Crippen LogP contribution in [0.3, 0.4) is 0 Å². The Kier molecular flexibility index (Phi) is 4.97. The highest BCUT2D eigenvalue weighted by atomic mass is 35.5. The Morgan fingerprint density at radius 2 is 2.28 bits per heavy atom. The summed E-state index contributed by atoms with van der Waals surface area (Å²) < 4.78 is 0.561. The van der Waals surface area contributed by atoms with Gasteiger partial charge in [-0.2, -0.15) is 0 Å². The van der Waals surface area contributed by atoms with Crippen LogP contribution in [0.5, 0.6) is 0 Å². The second kappa shape index (κ2) is 6.50. The summed E-state index contributed by atoms with van der Waals surface area (Å²) in [5.41, 5.74) is 5.93. The maximum absolute atomic E-state index is 11.9. The fourth-order valence-electron chi connectivity index (χ4n) is 2.40. The number of thiazole rings is 1. The zero-order valence-electron chi connectivity index (χ0n) is 10.2. The van der Waals surface area contributed by atoms with Gasteiger partial charge in [-0.05, 0) is 12.3 Å². The number of nitrogens with one attached hydrogen (secondary N) is 1. The Morgan fingerprint density at radius 3 is 2.89 bits per heavy atom. The van der Waals surface area contributed by atoms with Crippen LogP contribution in [0, 0.1) is 5.92 Å². The Balaban J connectivity index is 1.80. The van der Waals surface area contributed by atoms with Crippen molar-refractivity contribution < 1.29 is 4.79 Å². The molecule has 1 atom stereocenters. The van der Waals surface area contributed by atoms with Crippen molar-refractivity contribution in [3.8, 4) is 0 Å². The first-order valence-corrected chi connectivity index (χ1v) is 7.52. The van der Waals surface area contributed by atoms with E-state index in [4.69, 9.17) is 17.3 Å². The van der Waals surface area contributed by atoms with Gasteiger partial charge in [0.1, 0.15) is 4.34 Å². The number of aromatic nitrogens is 1. The number of hydrogen-bond donors (Lipinski definition) is 2. The highest BCUT2D eigenvalue weighted by molar-refractivity contribution is 7.19. The SMILES string of the molecule is NC(CC1CCCCC1)C(=O)Nc1ncc(Cl)s1. The van der Waals surface area contributed by atoms with Crippen molar-refractivity contribution in [1.29, 1.82) is 0 Å². The third-order valence-corrected chi connectivity index (χ3v) is 4.39. The molecule has 100 valence electrons. The van der Waals surface area contributed by atoms with Crippen molar-refractivity contribution in [3.05, 3.63) is 10.5 Å². The number of carbonyl (C=O) groups is 1. The van der Waals surface area contributed by atoms with E-state index < -0.39 is 6.04 Å². The molecule has 0 radical (unpaired) electrons. The normalized spacial score (nSPS) is 18.6. The number of anilines is 1. The summed E-state index contributed by atoms with van der Waals surface area (Å²) in [6.45, 7) is 0. The summed E-state index contributed by atoms with van der Waals surface area (Å²) in [4.78, 5) is 15.9. The van der Waals surface area contributed by atoms with E-state index in [9.17, 15) is 4.79 Å². The van der Waals surface area contributed by atoms with E-state index in [2.05, 4.69) is 10.3 Å². The summed E-state index contributed by atoms with van der Waals surface area (Å²) in [6.07, 6.45) is 8.53. The predicted octanol–water partition coefficient (Wildman–Crippen LogP) is 3.03. The van der Waals surface area contributed by atoms with Gasteiger partial charge in [-0.3, -0.25) is 4.79 Å². The zero-order chi connectivity index (χ0) is 13.0. The lowest BCUT2D eigenvalue weighted by molar-refractivity contribution is -0.117. The third-order valence-electron chi connectivity index (χ3n) is 3.36. The van der Waals surface area contributed by atoms with E-state index >= 15 is 0 Å². The average molecular weight is 288 g/mol. The van der Waals surface area contributed by atoms with Gasteiger partial charge in [0.25, 0.3) is 0 Å². The Bertz CT molecular complexity index is 404. The molecular weight excluding hydrogens is 270 g/mol. The van der Waals surface area contributed by atoms with Crippen molar-refractivity contribution in [2.24, 2.45) is 11.7 Å². The number of amides is 1. The fourth-order valence-corrected chi connectivity index (χ4v) is 3.21. The van der Waals surface area contributed by atoms with E-state index in [1.807, 2.05) is 0 Å². The molecule has 0 bridgehead atoms. The molecular formula is C12H18ClN3OS. The lowest BCUT2D eigenvalue weighted by atomic mass is 9.85. The zero-order valence-corrected chi connectivity index (χ0v) is 11.8. The molecule has 1 aromatic rings. The standard InChI is InChI=1S/C12H18ClN3OS/c13-10-7-15-12(18-10)16-11(17)9(14)6-8-4-2-1-3-5-8/h7-9H,1-6,14H2,(H,15,16,17). The summed E-state index contributed by atoms with van der Waals surface area (Å²) in [7, 11) is 0. The molecule has 1 aromatic heterocycles. The summed E-state index contributed by atoms with van der Waals surface area (Å²) >= 11 is 7.00. The molecule has 1 amide bonds. The molecule has 0 aromatic carbocycles. The maximum Gasteiger partial charge on any atom is 0.243 e. The maximum atomic E-state index is 11.9. The fraction of sp³-hybridized carbons (Fsp3) is 0.667. The van der Waals surface area contributed by atoms with Crippen LogP contribution in [0.2, 0.25) is 4.34 Å². The first kappa shape index (κ1) is 13.8. The van der Waals surface area contributed by atoms with Gasteiger partial charge in [-0.1, -0.05) is 55.0 Å². The van der Waals surface area contributed by atoms with E-state index in [0.29, 0.717) is 15.4 Å². The van der Waals surface area contributed by atoms with E-state index in [-0.39, 0.29) is 5.91 Å². The van der Waals surface area contributed by atoms with Gasteiger partial charge in [0.05, 0.1) is 12.2 Å². The number of nitrogens with zero attached hydrogens (tertiary/aromatic N) is 1. The third kappa shape index (κ3) is 3.93. The monoisotopic (exact) mass is 287 g/mol. The molecule has 0 saturated heterocycles. The molecule has 1 unspecified atom stereocenters. The van der Waals surface area contributed by atoms with E-state index in [1.54, 1.807) is 0 Å². The van der Waals surface area contributed by atoms with Crippen LogP contribution >= 0.6 is 22.9 Å². The molecule has 1 aliphatic carbocycles. The molecule has 1 saturated carbocycles. The van der Waals surface area contributed by atoms with Gasteiger partial charge in [0.15, 0.2) is 5.13 Å². The molecule has 1 heterocycles. The lowest BCUT2D eigenvalue weighted by Crippen LogP contribution is -2.37. The van der Waals surface area contributed by atoms with Gasteiger partial charge in [-0.25, -0.2) is 4.98 Å². The second-order valence-corrected chi connectivity index (χ2v) is 6.47. The molecule has 18 heavy (non-hydrogen) atoms. The molecule has 3 N–H and O–H groups in total. The Morgan fingerprint density at radius 1 is 1.56 bits per heavy atom. The van der Waals surface area contributed by atoms with Gasteiger partial charge in [-0.15, -0.1) is 0 Å². The molecule has 1 fully saturated rings. The average Bonchev–Trinajstić information content (AvgIpc) is 2.76. The van der Waals surface area contributed by atoms with Crippen molar-refractivity contribution >= 4 is 34.0 Å². The van der Waals surface area contributed by atoms with Crippen LogP contribution < -0.4 is 11.1 Å². The van der Waals surface area contributed by atoms with Crippen molar-refractivity contribution in [1.82, 2.24) is 4.98 Å². The molecule has 0 aliphatic heterocycles. The minimum atomic E-state index is -0.448. The van der Waals surface area contributed by atoms with Gasteiger partial charge < -0.3 is 11.1 Å². The van der Waals surface area contributed by atoms with E-state index in [1.165, 1.54) is 49.6 Å². The number of nitrogens with two attached hydrogens (primary N) is 1. The van der Waals surface area contributed by atoms with Gasteiger partial charge >= 0.3 is 0 Å². The van der Waals surface area contributed by atoms with Gasteiger partial charge in [0.2, 0.25) is 5.91 Å². The molecule has 2 rings (SSSR count). The van der Waals surface area contributed by atoms with Crippen LogP contribution in [0.1, 0.15) is 38.5 Å². The number of halogens is 1. The topological polar surface area (TPSA) is 68.0 Å². The second-order valence-electron chi connectivity index (χ2n) is 4.81. The number of carbonyl (C=O) groups excluding carboxylic acids is 1. The Hall–Kier alpha value is -0.650. The van der Waals surface area contributed by atoms with Crippen LogP contribution in [-0.2, 0) is 4.79 Å². The minimum absolute atomic E-state index is 0.161. The highest BCUT2D eigenvalue weighted by Gasteiger charge is 2.21. The summed E-state index contributed by atoms with van der Waals surface area (Å²) in [6, 6.07) is -0.448. The summed E-state index contributed by atoms with van der Waals surface area (Å²) in [5, 5.41) is 3.23. The smallest absolute Gasteiger partial charge is 0.243 e. The van der Waals surface area contributed by atoms with Crippen molar-refractivity contribution in [2.75, 3.05) is 5.32 Å². The first-order chi connectivity index (χ1) is 8.65. The van der Waals surface area contributed by atoms with E-state index in [0.717, 1.165) is 6.42 Å². The number of rotatable bonds is 4. The van der Waals surface area contributed by atoms with Gasteiger partial charge in [0, 0.05) is 0 Å². The highest BCUT2D eigenvalue weighted by Crippen LogP contribution is 2.27. The summed E-state index contributed by atoms with van der Waals surface area (Å²) in [5.74, 6) is 0.436. The minimum Gasteiger partial charge on any atom is -0.320 e. The lowest BCUT2D eigenvalue weighted by Gasteiger charge is -2.23. The predicted molar refractivity (Wildman–Crippen MR) is 74.9 cm³/mol. The Labute approximate surface area is 116 Å². The number of hydrogen-bond acceptors (Lipinski definition) is 4. The van der Waals surface area contributed by atoms with Crippen LogP contribution in [0.4, 0.5) is 5.13 Å². The van der Waals surface area contributed by atoms with Crippen molar-refractivity contribution in [3.63, 3.8) is 0 Å². The van der Waals surface area contributed by atoms with Crippen LogP contribution in [-0.4, -0.2) is 16.9 Å². The molecule has 1 aliphatic rings. The molecule has 6 heteroatoms. The molecule has 0 spiro atoms. The van der Waals surface area contributed by atoms with Crippen LogP contribution in [0.25, 0.3) is 0 Å². The van der Waals surface area contributed by atoms with Crippen LogP contribution in [0.15, 0.2) is 6.20 Å². The van der Waals surface area contributed by atoms with Crippen molar-refractivity contribution in [2.45, 2.75) is 44.6 Å².